The average molecular weight is 462 g/mol. The predicted octanol–water partition coefficient (Wildman–Crippen LogP) is 1.64. The molecule has 4 unspecified atom stereocenters. The number of piperazine rings is 1. The van der Waals surface area contributed by atoms with Crippen LogP contribution in [0.3, 0.4) is 0 Å². The zero-order valence-electron chi connectivity index (χ0n) is 19.6. The highest BCUT2D eigenvalue weighted by Gasteiger charge is 2.40. The summed E-state index contributed by atoms with van der Waals surface area (Å²) in [6, 6.07) is 8.98. The van der Waals surface area contributed by atoms with Crippen molar-refractivity contribution in [1.29, 1.82) is 0 Å². The molecule has 178 valence electrons. The Morgan fingerprint density at radius 3 is 2.62 bits per heavy atom. The van der Waals surface area contributed by atoms with Crippen LogP contribution in [-0.2, 0) is 4.74 Å². The number of fused-ring (bicyclic) bond motifs is 3. The molecular weight excluding hydrogens is 422 g/mol. The quantitative estimate of drug-likeness (QED) is 0.425. The Labute approximate surface area is 198 Å². The molecular formula is C24H39N5O2S. The third kappa shape index (κ3) is 5.84. The van der Waals surface area contributed by atoms with Crippen molar-refractivity contribution in [3.05, 3.63) is 24.3 Å². The highest BCUT2D eigenvalue weighted by Crippen LogP contribution is 2.37. The molecule has 0 spiro atoms. The Morgan fingerprint density at radius 2 is 1.91 bits per heavy atom. The molecule has 0 amide bonds. The molecule has 0 saturated carbocycles. The van der Waals surface area contributed by atoms with E-state index in [1.54, 1.807) is 14.2 Å². The van der Waals surface area contributed by atoms with Gasteiger partial charge in [-0.25, -0.2) is 0 Å². The van der Waals surface area contributed by atoms with Crippen LogP contribution in [-0.4, -0.2) is 101 Å². The van der Waals surface area contributed by atoms with E-state index in [9.17, 15) is 0 Å². The minimum absolute atomic E-state index is 0.606. The van der Waals surface area contributed by atoms with Gasteiger partial charge in [0.15, 0.2) is 5.11 Å². The van der Waals surface area contributed by atoms with Crippen molar-refractivity contribution in [2.75, 3.05) is 84.6 Å². The fourth-order valence-electron chi connectivity index (χ4n) is 5.60. The summed E-state index contributed by atoms with van der Waals surface area (Å²) in [5.41, 5.74) is 1.22. The summed E-state index contributed by atoms with van der Waals surface area (Å²) in [5.74, 6) is 2.62. The smallest absolute Gasteiger partial charge is 0.166 e. The molecule has 4 saturated heterocycles. The number of ether oxygens (including phenoxy) is 2. The van der Waals surface area contributed by atoms with Gasteiger partial charge in [0.25, 0.3) is 0 Å². The molecule has 32 heavy (non-hydrogen) atoms. The first-order valence-electron chi connectivity index (χ1n) is 12.0. The standard InChI is InChI=1S/C24H39N5O2S/c1-30-14-8-25-24(32)26-16-21-15-19-7-9-29(21)18-20(19)17-27-10-12-28(13-11-27)22-5-3-4-6-23(22)31-2/h3-6,19-21H,7-18H2,1-2H3,(H2,25,26,32). The van der Waals surface area contributed by atoms with Gasteiger partial charge in [0.1, 0.15) is 5.75 Å². The van der Waals surface area contributed by atoms with E-state index in [1.807, 2.05) is 6.07 Å². The highest BCUT2D eigenvalue weighted by atomic mass is 32.1. The van der Waals surface area contributed by atoms with Gasteiger partial charge in [-0.3, -0.25) is 9.80 Å². The second-order valence-electron chi connectivity index (χ2n) is 9.28. The van der Waals surface area contributed by atoms with Crippen LogP contribution in [0.1, 0.15) is 12.8 Å². The number of piperidine rings is 3. The van der Waals surface area contributed by atoms with Gasteiger partial charge >= 0.3 is 0 Å². The van der Waals surface area contributed by atoms with E-state index in [0.717, 1.165) is 62.0 Å². The molecule has 0 aromatic heterocycles. The maximum atomic E-state index is 5.57. The van der Waals surface area contributed by atoms with E-state index >= 15 is 0 Å². The first-order chi connectivity index (χ1) is 15.7. The second-order valence-corrected chi connectivity index (χ2v) is 9.69. The van der Waals surface area contributed by atoms with E-state index in [4.69, 9.17) is 21.7 Å². The van der Waals surface area contributed by atoms with Gasteiger partial charge in [-0.15, -0.1) is 0 Å². The van der Waals surface area contributed by atoms with Crippen molar-refractivity contribution in [2.24, 2.45) is 11.8 Å². The molecule has 2 bridgehead atoms. The molecule has 1 aromatic rings. The molecule has 1 aromatic carbocycles. The molecule has 8 heteroatoms. The Hall–Kier alpha value is -1.61. The van der Waals surface area contributed by atoms with E-state index < -0.39 is 0 Å². The van der Waals surface area contributed by atoms with Crippen LogP contribution in [0.15, 0.2) is 24.3 Å². The van der Waals surface area contributed by atoms with Crippen molar-refractivity contribution in [3.8, 4) is 5.75 Å². The van der Waals surface area contributed by atoms with Crippen LogP contribution in [0.4, 0.5) is 5.69 Å². The number of benzene rings is 1. The molecule has 0 aliphatic carbocycles. The zero-order chi connectivity index (χ0) is 22.3. The number of thiocarbonyl (C=S) groups is 1. The van der Waals surface area contributed by atoms with Crippen LogP contribution in [0, 0.1) is 11.8 Å². The first kappa shape index (κ1) is 23.5. The summed E-state index contributed by atoms with van der Waals surface area (Å²) in [4.78, 5) is 7.85. The van der Waals surface area contributed by atoms with E-state index in [0.29, 0.717) is 12.6 Å². The summed E-state index contributed by atoms with van der Waals surface area (Å²) < 4.78 is 10.6. The summed E-state index contributed by atoms with van der Waals surface area (Å²) in [6.45, 7) is 10.5. The van der Waals surface area contributed by atoms with Gasteiger partial charge < -0.3 is 25.0 Å². The van der Waals surface area contributed by atoms with Gasteiger partial charge in [-0.1, -0.05) is 12.1 Å². The number of hydrogen-bond donors (Lipinski definition) is 2. The Morgan fingerprint density at radius 1 is 1.09 bits per heavy atom. The van der Waals surface area contributed by atoms with Crippen molar-refractivity contribution in [2.45, 2.75) is 18.9 Å². The lowest BCUT2D eigenvalue weighted by atomic mass is 9.75. The molecule has 4 heterocycles. The van der Waals surface area contributed by atoms with Gasteiger partial charge in [-0.05, 0) is 55.6 Å². The van der Waals surface area contributed by atoms with Crippen molar-refractivity contribution in [3.63, 3.8) is 0 Å². The van der Waals surface area contributed by atoms with E-state index in [-0.39, 0.29) is 0 Å². The van der Waals surface area contributed by atoms with E-state index in [1.165, 1.54) is 38.2 Å². The summed E-state index contributed by atoms with van der Waals surface area (Å²) in [7, 11) is 3.47. The van der Waals surface area contributed by atoms with Gasteiger partial charge in [-0.2, -0.15) is 0 Å². The maximum absolute atomic E-state index is 5.57. The lowest BCUT2D eigenvalue weighted by Crippen LogP contribution is -2.59. The predicted molar refractivity (Wildman–Crippen MR) is 134 cm³/mol. The van der Waals surface area contributed by atoms with Crippen LogP contribution in [0.5, 0.6) is 5.75 Å². The zero-order valence-corrected chi connectivity index (χ0v) is 20.4. The van der Waals surface area contributed by atoms with Gasteiger partial charge in [0.2, 0.25) is 0 Å². The van der Waals surface area contributed by atoms with Crippen LogP contribution in [0.2, 0.25) is 0 Å². The fourth-order valence-corrected chi connectivity index (χ4v) is 5.79. The molecule has 5 rings (SSSR count). The normalized spacial score (nSPS) is 27.9. The SMILES string of the molecule is COCCNC(=S)NCC1CC2CCN1CC2CN1CCN(c2ccccc2OC)CC1. The minimum Gasteiger partial charge on any atom is -0.495 e. The molecule has 4 aliphatic rings. The van der Waals surface area contributed by atoms with Crippen LogP contribution >= 0.6 is 12.2 Å². The lowest BCUT2D eigenvalue weighted by Gasteiger charge is -2.51. The third-order valence-corrected chi connectivity index (χ3v) is 7.68. The maximum Gasteiger partial charge on any atom is 0.166 e. The van der Waals surface area contributed by atoms with E-state index in [2.05, 4.69) is 43.5 Å². The van der Waals surface area contributed by atoms with Gasteiger partial charge in [0, 0.05) is 65.5 Å². The average Bonchev–Trinajstić information content (AvgIpc) is 2.84. The molecule has 4 fully saturated rings. The molecule has 4 aliphatic heterocycles. The first-order valence-corrected chi connectivity index (χ1v) is 12.4. The second kappa shape index (κ2) is 11.5. The Bertz CT molecular complexity index is 743. The minimum atomic E-state index is 0.606. The number of hydrogen-bond acceptors (Lipinski definition) is 6. The monoisotopic (exact) mass is 461 g/mol. The van der Waals surface area contributed by atoms with Crippen molar-refractivity contribution >= 4 is 23.0 Å². The molecule has 0 radical (unpaired) electrons. The highest BCUT2D eigenvalue weighted by molar-refractivity contribution is 7.80. The Kier molecular flexibility index (Phi) is 8.46. The topological polar surface area (TPSA) is 52.2 Å². The Balaban J connectivity index is 1.20. The van der Waals surface area contributed by atoms with Gasteiger partial charge in [0.05, 0.1) is 19.4 Å². The number of anilines is 1. The fraction of sp³-hybridized carbons (Fsp3) is 0.708. The van der Waals surface area contributed by atoms with Crippen LogP contribution < -0.4 is 20.3 Å². The summed E-state index contributed by atoms with van der Waals surface area (Å²) >= 11 is 5.40. The molecule has 7 nitrogen and oxygen atoms in total. The summed E-state index contributed by atoms with van der Waals surface area (Å²) in [5, 5.41) is 7.37. The summed E-state index contributed by atoms with van der Waals surface area (Å²) in [6.07, 6.45) is 2.64. The largest absolute Gasteiger partial charge is 0.495 e. The number of rotatable bonds is 9. The van der Waals surface area contributed by atoms with Crippen molar-refractivity contribution in [1.82, 2.24) is 20.4 Å². The molecule has 2 N–H and O–H groups in total. The molecule has 4 atom stereocenters. The lowest BCUT2D eigenvalue weighted by molar-refractivity contribution is -0.0110. The number of para-hydroxylation sites is 2. The third-order valence-electron chi connectivity index (χ3n) is 7.39. The van der Waals surface area contributed by atoms with Crippen LogP contribution in [0.25, 0.3) is 0 Å². The number of nitrogens with zero attached hydrogens (tertiary/aromatic N) is 3. The van der Waals surface area contributed by atoms with Crippen molar-refractivity contribution < 1.29 is 9.47 Å². The number of nitrogens with one attached hydrogen (secondary N) is 2. The number of methoxy groups -OCH3 is 2.